The maximum Gasteiger partial charge on any atom is 0.127 e. The van der Waals surface area contributed by atoms with Gasteiger partial charge in [0.1, 0.15) is 5.82 Å². The quantitative estimate of drug-likeness (QED) is 0.759. The fourth-order valence-corrected chi connectivity index (χ4v) is 1.87. The molecule has 78 valence electrons. The van der Waals surface area contributed by atoms with Crippen molar-refractivity contribution in [2.24, 2.45) is 0 Å². The van der Waals surface area contributed by atoms with Crippen LogP contribution >= 0.6 is 12.4 Å². The lowest BCUT2D eigenvalue weighted by molar-refractivity contribution is 0.400. The SMILES string of the molecule is Cl.Fc1ccccc1[C@@H]1CCCCN1. The van der Waals surface area contributed by atoms with Gasteiger partial charge in [-0.2, -0.15) is 0 Å². The van der Waals surface area contributed by atoms with E-state index in [0.717, 1.165) is 18.5 Å². The summed E-state index contributed by atoms with van der Waals surface area (Å²) in [5.41, 5.74) is 0.821. The van der Waals surface area contributed by atoms with Gasteiger partial charge in [0.25, 0.3) is 0 Å². The molecule has 0 radical (unpaired) electrons. The van der Waals surface area contributed by atoms with Crippen molar-refractivity contribution >= 4 is 12.4 Å². The van der Waals surface area contributed by atoms with Crippen LogP contribution in [0.3, 0.4) is 0 Å². The van der Waals surface area contributed by atoms with Gasteiger partial charge in [0.15, 0.2) is 0 Å². The summed E-state index contributed by atoms with van der Waals surface area (Å²) < 4.78 is 13.3. The summed E-state index contributed by atoms with van der Waals surface area (Å²) in [7, 11) is 0. The Kier molecular flexibility index (Phi) is 4.36. The van der Waals surface area contributed by atoms with Gasteiger partial charge in [0.05, 0.1) is 0 Å². The van der Waals surface area contributed by atoms with Gasteiger partial charge in [0.2, 0.25) is 0 Å². The molecule has 0 aliphatic carbocycles. The number of benzene rings is 1. The molecular formula is C11H15ClFN. The number of hydrogen-bond acceptors (Lipinski definition) is 1. The van der Waals surface area contributed by atoms with Gasteiger partial charge in [-0.1, -0.05) is 24.6 Å². The van der Waals surface area contributed by atoms with E-state index in [-0.39, 0.29) is 24.3 Å². The van der Waals surface area contributed by atoms with Gasteiger partial charge in [-0.3, -0.25) is 0 Å². The molecule has 1 aromatic rings. The molecule has 1 heterocycles. The highest BCUT2D eigenvalue weighted by Crippen LogP contribution is 2.24. The lowest BCUT2D eigenvalue weighted by Gasteiger charge is -2.23. The first-order chi connectivity index (χ1) is 6.38. The minimum atomic E-state index is -0.0816. The number of hydrogen-bond donors (Lipinski definition) is 1. The topological polar surface area (TPSA) is 12.0 Å². The van der Waals surface area contributed by atoms with Crippen LogP contribution in [0, 0.1) is 5.82 Å². The summed E-state index contributed by atoms with van der Waals surface area (Å²) >= 11 is 0. The first-order valence-corrected chi connectivity index (χ1v) is 4.86. The van der Waals surface area contributed by atoms with E-state index in [1.165, 1.54) is 18.9 Å². The van der Waals surface area contributed by atoms with Gasteiger partial charge in [0, 0.05) is 11.6 Å². The van der Waals surface area contributed by atoms with Crippen molar-refractivity contribution < 1.29 is 4.39 Å². The summed E-state index contributed by atoms with van der Waals surface area (Å²) in [4.78, 5) is 0. The summed E-state index contributed by atoms with van der Waals surface area (Å²) in [6.07, 6.45) is 3.47. The zero-order chi connectivity index (χ0) is 9.10. The Hall–Kier alpha value is -0.600. The van der Waals surface area contributed by atoms with Crippen LogP contribution in [0.15, 0.2) is 24.3 Å². The van der Waals surface area contributed by atoms with Crippen molar-refractivity contribution in [3.63, 3.8) is 0 Å². The summed E-state index contributed by atoms with van der Waals surface area (Å²) in [5, 5.41) is 3.34. The lowest BCUT2D eigenvalue weighted by atomic mass is 9.97. The molecule has 1 aromatic carbocycles. The largest absolute Gasteiger partial charge is 0.310 e. The maximum atomic E-state index is 13.3. The third kappa shape index (κ3) is 2.46. The summed E-state index contributed by atoms with van der Waals surface area (Å²) in [6, 6.07) is 7.27. The molecule has 0 bridgehead atoms. The Morgan fingerprint density at radius 2 is 2.00 bits per heavy atom. The number of piperidine rings is 1. The predicted molar refractivity (Wildman–Crippen MR) is 58.2 cm³/mol. The van der Waals surface area contributed by atoms with Crippen LogP contribution in [0.25, 0.3) is 0 Å². The van der Waals surface area contributed by atoms with E-state index in [1.54, 1.807) is 6.07 Å². The van der Waals surface area contributed by atoms with Gasteiger partial charge in [-0.15, -0.1) is 12.4 Å². The van der Waals surface area contributed by atoms with Crippen LogP contribution in [0.1, 0.15) is 30.9 Å². The highest BCUT2D eigenvalue weighted by molar-refractivity contribution is 5.85. The average Bonchev–Trinajstić information content (AvgIpc) is 2.20. The Labute approximate surface area is 90.1 Å². The molecule has 0 unspecified atom stereocenters. The zero-order valence-electron chi connectivity index (χ0n) is 8.00. The molecule has 0 amide bonds. The van der Waals surface area contributed by atoms with Crippen LogP contribution in [0.2, 0.25) is 0 Å². The first kappa shape index (κ1) is 11.5. The highest BCUT2D eigenvalue weighted by Gasteiger charge is 2.16. The van der Waals surface area contributed by atoms with E-state index in [1.807, 2.05) is 12.1 Å². The van der Waals surface area contributed by atoms with Crippen LogP contribution in [0.5, 0.6) is 0 Å². The Bertz CT molecular complexity index is 284. The number of nitrogens with one attached hydrogen (secondary N) is 1. The molecule has 0 saturated carbocycles. The minimum Gasteiger partial charge on any atom is -0.310 e. The second kappa shape index (κ2) is 5.32. The van der Waals surface area contributed by atoms with Crippen LogP contribution < -0.4 is 5.32 Å². The summed E-state index contributed by atoms with van der Waals surface area (Å²) in [6.45, 7) is 1.01. The van der Waals surface area contributed by atoms with Crippen LogP contribution in [-0.2, 0) is 0 Å². The lowest BCUT2D eigenvalue weighted by Crippen LogP contribution is -2.27. The molecule has 3 heteroatoms. The standard InChI is InChI=1S/C11H14FN.ClH/c12-10-6-2-1-5-9(10)11-7-3-4-8-13-11;/h1-2,5-6,11,13H,3-4,7-8H2;1H/t11-;/m0./s1. The Morgan fingerprint density at radius 1 is 1.21 bits per heavy atom. The number of halogens is 2. The molecule has 1 atom stereocenters. The molecule has 0 spiro atoms. The van der Waals surface area contributed by atoms with Crippen molar-refractivity contribution in [1.82, 2.24) is 5.32 Å². The Balaban J connectivity index is 0.000000980. The molecule has 1 aliphatic rings. The smallest absolute Gasteiger partial charge is 0.127 e. The normalized spacial score (nSPS) is 21.4. The second-order valence-electron chi connectivity index (χ2n) is 3.52. The van der Waals surface area contributed by atoms with E-state index in [0.29, 0.717) is 0 Å². The van der Waals surface area contributed by atoms with Crippen molar-refractivity contribution in [2.45, 2.75) is 25.3 Å². The van der Waals surface area contributed by atoms with Crippen molar-refractivity contribution in [3.8, 4) is 0 Å². The van der Waals surface area contributed by atoms with Crippen LogP contribution in [0.4, 0.5) is 4.39 Å². The zero-order valence-corrected chi connectivity index (χ0v) is 8.82. The van der Waals surface area contributed by atoms with Crippen molar-refractivity contribution in [2.75, 3.05) is 6.54 Å². The van der Waals surface area contributed by atoms with Crippen molar-refractivity contribution in [3.05, 3.63) is 35.6 Å². The Morgan fingerprint density at radius 3 is 2.64 bits per heavy atom. The van der Waals surface area contributed by atoms with Crippen LogP contribution in [-0.4, -0.2) is 6.54 Å². The monoisotopic (exact) mass is 215 g/mol. The first-order valence-electron chi connectivity index (χ1n) is 4.86. The van der Waals surface area contributed by atoms with E-state index >= 15 is 0 Å². The molecule has 1 fully saturated rings. The molecule has 0 aromatic heterocycles. The van der Waals surface area contributed by atoms with E-state index in [9.17, 15) is 4.39 Å². The third-order valence-corrected chi connectivity index (χ3v) is 2.59. The van der Waals surface area contributed by atoms with E-state index in [2.05, 4.69) is 5.32 Å². The molecule has 1 aliphatic heterocycles. The van der Waals surface area contributed by atoms with Crippen molar-refractivity contribution in [1.29, 1.82) is 0 Å². The molecule has 1 N–H and O–H groups in total. The molecule has 1 nitrogen and oxygen atoms in total. The fraction of sp³-hybridized carbons (Fsp3) is 0.455. The van der Waals surface area contributed by atoms with Gasteiger partial charge in [-0.25, -0.2) is 4.39 Å². The fourth-order valence-electron chi connectivity index (χ4n) is 1.87. The summed E-state index contributed by atoms with van der Waals surface area (Å²) in [5.74, 6) is -0.0816. The second-order valence-corrected chi connectivity index (χ2v) is 3.52. The predicted octanol–water partition coefficient (Wildman–Crippen LogP) is 3.06. The van der Waals surface area contributed by atoms with E-state index in [4.69, 9.17) is 0 Å². The van der Waals surface area contributed by atoms with Gasteiger partial charge in [-0.05, 0) is 25.5 Å². The minimum absolute atomic E-state index is 0. The maximum absolute atomic E-state index is 13.3. The molecule has 14 heavy (non-hydrogen) atoms. The van der Waals surface area contributed by atoms with E-state index < -0.39 is 0 Å². The molecule has 1 saturated heterocycles. The van der Waals surface area contributed by atoms with Gasteiger partial charge < -0.3 is 5.32 Å². The average molecular weight is 216 g/mol. The van der Waals surface area contributed by atoms with Gasteiger partial charge >= 0.3 is 0 Å². The number of rotatable bonds is 1. The molecular weight excluding hydrogens is 201 g/mol. The molecule has 2 rings (SSSR count). The third-order valence-electron chi connectivity index (χ3n) is 2.59. The highest BCUT2D eigenvalue weighted by atomic mass is 35.5.